The average Bonchev–Trinajstić information content (AvgIpc) is 2.69. The Labute approximate surface area is 152 Å². The minimum absolute atomic E-state index is 0.0747. The Bertz CT molecular complexity index is 736. The zero-order chi connectivity index (χ0) is 18.5. The van der Waals surface area contributed by atoms with Crippen molar-refractivity contribution in [2.24, 2.45) is 5.92 Å². The molecule has 0 radical (unpaired) electrons. The number of rotatable bonds is 5. The van der Waals surface area contributed by atoms with Crippen LogP contribution in [0.5, 0.6) is 0 Å². The maximum Gasteiger partial charge on any atom is 0.291 e. The number of likely N-dealkylation sites (tertiary alicyclic amines) is 1. The van der Waals surface area contributed by atoms with Gasteiger partial charge in [-0.05, 0) is 36.5 Å². The number of hydrogen-bond acceptors (Lipinski definition) is 5. The van der Waals surface area contributed by atoms with Crippen molar-refractivity contribution in [3.8, 4) is 0 Å². The maximum atomic E-state index is 13.1. The standard InChI is InChI=1S/C19H23FN4O2/c1-21-16-10-22-18(23-11-16)19(25)24-8-7-14(17(12-24)26-2)9-13-3-5-15(20)6-4-13/h3-6,10-11,14,17,21H,7-9,12H2,1-2H3/t14-,17-/m1/s1. The molecule has 0 saturated carbocycles. The molecule has 2 heterocycles. The number of hydrogen-bond donors (Lipinski definition) is 1. The van der Waals surface area contributed by atoms with E-state index in [9.17, 15) is 9.18 Å². The second-order valence-corrected chi connectivity index (χ2v) is 6.45. The molecule has 2 atom stereocenters. The van der Waals surface area contributed by atoms with Crippen molar-refractivity contribution in [2.45, 2.75) is 18.9 Å². The van der Waals surface area contributed by atoms with Crippen LogP contribution >= 0.6 is 0 Å². The first-order valence-electron chi connectivity index (χ1n) is 8.67. The Kier molecular flexibility index (Phi) is 5.78. The van der Waals surface area contributed by atoms with E-state index in [0.29, 0.717) is 13.1 Å². The summed E-state index contributed by atoms with van der Waals surface area (Å²) in [4.78, 5) is 22.6. The molecule has 0 spiro atoms. The van der Waals surface area contributed by atoms with E-state index in [1.165, 1.54) is 12.1 Å². The third-order valence-corrected chi connectivity index (χ3v) is 4.83. The molecule has 1 N–H and O–H groups in total. The van der Waals surface area contributed by atoms with Crippen LogP contribution in [-0.2, 0) is 11.2 Å². The summed E-state index contributed by atoms with van der Waals surface area (Å²) in [6.45, 7) is 1.13. The minimum atomic E-state index is -0.234. The Hall–Kier alpha value is -2.54. The number of benzene rings is 1. The number of halogens is 1. The van der Waals surface area contributed by atoms with E-state index < -0.39 is 0 Å². The number of carbonyl (C=O) groups is 1. The summed E-state index contributed by atoms with van der Waals surface area (Å²) in [6.07, 6.45) is 4.73. The normalized spacial score (nSPS) is 20.0. The van der Waals surface area contributed by atoms with E-state index in [2.05, 4.69) is 15.3 Å². The summed E-state index contributed by atoms with van der Waals surface area (Å²) in [5.41, 5.74) is 1.83. The first kappa shape index (κ1) is 18.3. The number of amides is 1. The van der Waals surface area contributed by atoms with Gasteiger partial charge in [-0.1, -0.05) is 12.1 Å². The van der Waals surface area contributed by atoms with Crippen molar-refractivity contribution in [2.75, 3.05) is 32.6 Å². The largest absolute Gasteiger partial charge is 0.386 e. The van der Waals surface area contributed by atoms with Gasteiger partial charge in [-0.3, -0.25) is 4.79 Å². The second-order valence-electron chi connectivity index (χ2n) is 6.45. The van der Waals surface area contributed by atoms with Gasteiger partial charge in [-0.2, -0.15) is 0 Å². The van der Waals surface area contributed by atoms with Crippen LogP contribution in [0.15, 0.2) is 36.7 Å². The number of nitrogens with one attached hydrogen (secondary N) is 1. The molecule has 7 heteroatoms. The molecule has 1 aromatic carbocycles. The molecule has 0 unspecified atom stereocenters. The van der Waals surface area contributed by atoms with Crippen molar-refractivity contribution < 1.29 is 13.9 Å². The van der Waals surface area contributed by atoms with Gasteiger partial charge in [0.05, 0.1) is 24.2 Å². The lowest BCUT2D eigenvalue weighted by molar-refractivity contribution is -0.00737. The number of anilines is 1. The fraction of sp³-hybridized carbons (Fsp3) is 0.421. The van der Waals surface area contributed by atoms with E-state index in [0.717, 1.165) is 24.1 Å². The van der Waals surface area contributed by atoms with Gasteiger partial charge in [0.25, 0.3) is 5.91 Å². The zero-order valence-electron chi connectivity index (χ0n) is 15.0. The van der Waals surface area contributed by atoms with Gasteiger partial charge >= 0.3 is 0 Å². The maximum absolute atomic E-state index is 13.1. The van der Waals surface area contributed by atoms with Crippen LogP contribution in [0.3, 0.4) is 0 Å². The summed E-state index contributed by atoms with van der Waals surface area (Å²) in [6, 6.07) is 6.55. The van der Waals surface area contributed by atoms with Gasteiger partial charge in [0.2, 0.25) is 5.82 Å². The summed E-state index contributed by atoms with van der Waals surface area (Å²) < 4.78 is 18.7. The summed E-state index contributed by atoms with van der Waals surface area (Å²) in [5, 5.41) is 2.93. The Morgan fingerprint density at radius 1 is 1.31 bits per heavy atom. The fourth-order valence-corrected chi connectivity index (χ4v) is 3.28. The average molecular weight is 358 g/mol. The van der Waals surface area contributed by atoms with E-state index in [4.69, 9.17) is 4.74 Å². The Morgan fingerprint density at radius 3 is 2.62 bits per heavy atom. The van der Waals surface area contributed by atoms with Crippen molar-refractivity contribution in [1.29, 1.82) is 0 Å². The van der Waals surface area contributed by atoms with E-state index in [-0.39, 0.29) is 29.6 Å². The first-order chi connectivity index (χ1) is 12.6. The van der Waals surface area contributed by atoms with Crippen molar-refractivity contribution in [3.05, 3.63) is 53.9 Å². The van der Waals surface area contributed by atoms with Crippen molar-refractivity contribution in [1.82, 2.24) is 14.9 Å². The summed E-state index contributed by atoms with van der Waals surface area (Å²) >= 11 is 0. The smallest absolute Gasteiger partial charge is 0.291 e. The highest BCUT2D eigenvalue weighted by Crippen LogP contribution is 2.25. The molecule has 1 amide bonds. The van der Waals surface area contributed by atoms with Crippen LogP contribution in [0, 0.1) is 11.7 Å². The third kappa shape index (κ3) is 4.16. The van der Waals surface area contributed by atoms with Gasteiger partial charge < -0.3 is 15.0 Å². The lowest BCUT2D eigenvalue weighted by Gasteiger charge is -2.37. The first-order valence-corrected chi connectivity index (χ1v) is 8.67. The molecular formula is C19H23FN4O2. The second kappa shape index (κ2) is 8.23. The van der Waals surface area contributed by atoms with Crippen molar-refractivity contribution >= 4 is 11.6 Å². The number of piperidine rings is 1. The van der Waals surface area contributed by atoms with E-state index in [1.54, 1.807) is 43.6 Å². The highest BCUT2D eigenvalue weighted by Gasteiger charge is 2.32. The van der Waals surface area contributed by atoms with Gasteiger partial charge in [0, 0.05) is 27.2 Å². The predicted octanol–water partition coefficient (Wildman–Crippen LogP) is 2.38. The van der Waals surface area contributed by atoms with Crippen molar-refractivity contribution in [3.63, 3.8) is 0 Å². The van der Waals surface area contributed by atoms with Crippen LogP contribution in [0.4, 0.5) is 10.1 Å². The van der Waals surface area contributed by atoms with Gasteiger partial charge in [-0.25, -0.2) is 14.4 Å². The topological polar surface area (TPSA) is 67.4 Å². The number of carbonyl (C=O) groups excluding carboxylic acids is 1. The summed E-state index contributed by atoms with van der Waals surface area (Å²) in [5.74, 6) is 0.0506. The monoisotopic (exact) mass is 358 g/mol. The molecule has 26 heavy (non-hydrogen) atoms. The lowest BCUT2D eigenvalue weighted by Crippen LogP contribution is -2.48. The molecule has 0 aliphatic carbocycles. The molecular weight excluding hydrogens is 335 g/mol. The van der Waals surface area contributed by atoms with Gasteiger partial charge in [0.15, 0.2) is 0 Å². The third-order valence-electron chi connectivity index (χ3n) is 4.83. The van der Waals surface area contributed by atoms with Gasteiger partial charge in [-0.15, -0.1) is 0 Å². The Balaban J connectivity index is 1.64. The number of methoxy groups -OCH3 is 1. The van der Waals surface area contributed by atoms with E-state index in [1.807, 2.05) is 0 Å². The molecule has 3 rings (SSSR count). The number of ether oxygens (including phenoxy) is 1. The highest BCUT2D eigenvalue weighted by atomic mass is 19.1. The molecule has 1 aliphatic rings. The number of aromatic nitrogens is 2. The van der Waals surface area contributed by atoms with Crippen LogP contribution in [0.25, 0.3) is 0 Å². The fourth-order valence-electron chi connectivity index (χ4n) is 3.28. The molecule has 2 aromatic rings. The zero-order valence-corrected chi connectivity index (χ0v) is 15.0. The Morgan fingerprint density at radius 2 is 2.00 bits per heavy atom. The summed E-state index contributed by atoms with van der Waals surface area (Å²) in [7, 11) is 3.43. The van der Waals surface area contributed by atoms with Crippen LogP contribution in [0.2, 0.25) is 0 Å². The molecule has 138 valence electrons. The molecule has 1 aliphatic heterocycles. The SMILES string of the molecule is CNc1cnc(C(=O)N2CC[C@H](Cc3ccc(F)cc3)[C@H](OC)C2)nc1. The van der Waals surface area contributed by atoms with Crippen LogP contribution in [-0.4, -0.2) is 54.1 Å². The molecule has 1 saturated heterocycles. The van der Waals surface area contributed by atoms with E-state index >= 15 is 0 Å². The molecule has 0 bridgehead atoms. The molecule has 6 nitrogen and oxygen atoms in total. The van der Waals surface area contributed by atoms with Crippen LogP contribution in [0.1, 0.15) is 22.6 Å². The van der Waals surface area contributed by atoms with Crippen LogP contribution < -0.4 is 5.32 Å². The minimum Gasteiger partial charge on any atom is -0.386 e. The highest BCUT2D eigenvalue weighted by molar-refractivity contribution is 5.90. The lowest BCUT2D eigenvalue weighted by atomic mass is 9.87. The van der Waals surface area contributed by atoms with Gasteiger partial charge in [0.1, 0.15) is 5.82 Å². The molecule has 1 aromatic heterocycles. The predicted molar refractivity (Wildman–Crippen MR) is 96.5 cm³/mol. The molecule has 1 fully saturated rings. The number of nitrogens with zero attached hydrogens (tertiary/aromatic N) is 3. The quantitative estimate of drug-likeness (QED) is 0.889.